The predicted octanol–water partition coefficient (Wildman–Crippen LogP) is 1.09. The van der Waals surface area contributed by atoms with Crippen LogP contribution in [-0.2, 0) is 9.84 Å². The van der Waals surface area contributed by atoms with Crippen LogP contribution in [-0.4, -0.2) is 43.7 Å². The van der Waals surface area contributed by atoms with Gasteiger partial charge in [-0.15, -0.1) is 0 Å². The van der Waals surface area contributed by atoms with Gasteiger partial charge in [0, 0.05) is 24.9 Å². The summed E-state index contributed by atoms with van der Waals surface area (Å²) in [7, 11) is -2.95. The number of hydrogen-bond donors (Lipinski definition) is 2. The van der Waals surface area contributed by atoms with Gasteiger partial charge in [0.2, 0.25) is 0 Å². The van der Waals surface area contributed by atoms with Crippen LogP contribution >= 0.6 is 0 Å². The molecule has 0 aromatic rings. The van der Waals surface area contributed by atoms with Crippen molar-refractivity contribution in [2.24, 2.45) is 5.92 Å². The van der Waals surface area contributed by atoms with Crippen LogP contribution < -0.4 is 5.32 Å². The van der Waals surface area contributed by atoms with Gasteiger partial charge in [-0.1, -0.05) is 19.3 Å². The van der Waals surface area contributed by atoms with E-state index in [0.29, 0.717) is 12.0 Å². The Morgan fingerprint density at radius 2 is 1.72 bits per heavy atom. The number of aliphatic hydroxyl groups excluding tert-OH is 1. The maximum absolute atomic E-state index is 11.7. The van der Waals surface area contributed by atoms with Gasteiger partial charge >= 0.3 is 0 Å². The van der Waals surface area contributed by atoms with Crippen molar-refractivity contribution in [1.29, 1.82) is 0 Å². The third kappa shape index (κ3) is 3.25. The monoisotopic (exact) mass is 275 g/mol. The second kappa shape index (κ2) is 5.88. The average molecular weight is 275 g/mol. The molecular weight excluding hydrogens is 250 g/mol. The standard InChI is InChI=1S/C13H25NO3S/c1-18(16,17)13-8-4-7-12(13)14-11-6-3-2-5-10(11)9-15/h10-15H,2-9H2,1H3. The van der Waals surface area contributed by atoms with Gasteiger partial charge in [0.05, 0.1) is 5.25 Å². The van der Waals surface area contributed by atoms with Crippen molar-refractivity contribution >= 4 is 9.84 Å². The summed E-state index contributed by atoms with van der Waals surface area (Å²) in [6, 6.07) is 0.397. The fourth-order valence-corrected chi connectivity index (χ4v) is 4.96. The summed E-state index contributed by atoms with van der Waals surface area (Å²) in [5.41, 5.74) is 0. The third-order valence-corrected chi connectivity index (χ3v) is 6.24. The highest BCUT2D eigenvalue weighted by molar-refractivity contribution is 7.91. The van der Waals surface area contributed by atoms with Gasteiger partial charge in [0.1, 0.15) is 0 Å². The molecule has 2 saturated carbocycles. The summed E-state index contributed by atoms with van der Waals surface area (Å²) in [6.07, 6.45) is 8.57. The first-order valence-electron chi connectivity index (χ1n) is 7.08. The van der Waals surface area contributed by atoms with E-state index in [2.05, 4.69) is 5.32 Å². The largest absolute Gasteiger partial charge is 0.396 e. The second-order valence-corrected chi connectivity index (χ2v) is 8.17. The van der Waals surface area contributed by atoms with E-state index in [4.69, 9.17) is 0 Å². The molecule has 2 fully saturated rings. The number of sulfone groups is 1. The van der Waals surface area contributed by atoms with Gasteiger partial charge in [0.25, 0.3) is 0 Å². The number of nitrogens with one attached hydrogen (secondary N) is 1. The van der Waals surface area contributed by atoms with E-state index >= 15 is 0 Å². The molecule has 0 heterocycles. The lowest BCUT2D eigenvalue weighted by atomic mass is 9.84. The molecule has 0 radical (unpaired) electrons. The smallest absolute Gasteiger partial charge is 0.151 e. The molecule has 0 bridgehead atoms. The highest BCUT2D eigenvalue weighted by atomic mass is 32.2. The molecule has 5 heteroatoms. The van der Waals surface area contributed by atoms with Crippen LogP contribution in [0.3, 0.4) is 0 Å². The molecule has 0 aromatic carbocycles. The van der Waals surface area contributed by atoms with Crippen molar-refractivity contribution in [2.45, 2.75) is 62.3 Å². The Bertz CT molecular complexity index is 368. The summed E-state index contributed by atoms with van der Waals surface area (Å²) in [5, 5.41) is 12.7. The first kappa shape index (κ1) is 14.3. The van der Waals surface area contributed by atoms with Crippen molar-refractivity contribution in [3.05, 3.63) is 0 Å². The van der Waals surface area contributed by atoms with Gasteiger partial charge in [-0.3, -0.25) is 0 Å². The van der Waals surface area contributed by atoms with Gasteiger partial charge in [0.15, 0.2) is 9.84 Å². The minimum Gasteiger partial charge on any atom is -0.396 e. The third-order valence-electron chi connectivity index (χ3n) is 4.57. The van der Waals surface area contributed by atoms with Gasteiger partial charge in [-0.05, 0) is 31.6 Å². The summed E-state index contributed by atoms with van der Waals surface area (Å²) in [5.74, 6) is 0.305. The van der Waals surface area contributed by atoms with Crippen molar-refractivity contribution < 1.29 is 13.5 Å². The van der Waals surface area contributed by atoms with Crippen LogP contribution in [0.4, 0.5) is 0 Å². The van der Waals surface area contributed by atoms with Crippen LogP contribution in [0, 0.1) is 5.92 Å². The fourth-order valence-electron chi connectivity index (χ4n) is 3.55. The Morgan fingerprint density at radius 3 is 2.39 bits per heavy atom. The van der Waals surface area contributed by atoms with Crippen molar-refractivity contribution in [3.8, 4) is 0 Å². The fraction of sp³-hybridized carbons (Fsp3) is 1.00. The SMILES string of the molecule is CS(=O)(=O)C1CCCC1NC1CCCCC1CO. The molecule has 2 aliphatic carbocycles. The Hall–Kier alpha value is -0.130. The van der Waals surface area contributed by atoms with E-state index < -0.39 is 9.84 Å². The zero-order valence-electron chi connectivity index (χ0n) is 11.1. The van der Waals surface area contributed by atoms with E-state index in [1.807, 2.05) is 0 Å². The average Bonchev–Trinajstić information content (AvgIpc) is 2.78. The molecule has 4 atom stereocenters. The summed E-state index contributed by atoms with van der Waals surface area (Å²) in [4.78, 5) is 0. The minimum atomic E-state index is -2.95. The molecule has 0 spiro atoms. The molecule has 106 valence electrons. The minimum absolute atomic E-state index is 0.0946. The lowest BCUT2D eigenvalue weighted by Crippen LogP contribution is -2.49. The van der Waals surface area contributed by atoms with Crippen molar-refractivity contribution in [3.63, 3.8) is 0 Å². The Labute approximate surface area is 110 Å². The molecule has 2 aliphatic rings. The van der Waals surface area contributed by atoms with Gasteiger partial charge in [-0.25, -0.2) is 8.42 Å². The predicted molar refractivity (Wildman–Crippen MR) is 72.2 cm³/mol. The molecule has 0 saturated heterocycles. The molecule has 0 aliphatic heterocycles. The molecule has 0 aromatic heterocycles. The van der Waals surface area contributed by atoms with Gasteiger partial charge < -0.3 is 10.4 Å². The van der Waals surface area contributed by atoms with Crippen LogP contribution in [0.15, 0.2) is 0 Å². The zero-order valence-corrected chi connectivity index (χ0v) is 12.0. The Balaban J connectivity index is 1.99. The molecule has 18 heavy (non-hydrogen) atoms. The van der Waals surface area contributed by atoms with E-state index in [-0.39, 0.29) is 17.9 Å². The lowest BCUT2D eigenvalue weighted by Gasteiger charge is -2.34. The van der Waals surface area contributed by atoms with Gasteiger partial charge in [-0.2, -0.15) is 0 Å². The highest BCUT2D eigenvalue weighted by Gasteiger charge is 2.37. The van der Waals surface area contributed by atoms with E-state index in [0.717, 1.165) is 32.1 Å². The Morgan fingerprint density at radius 1 is 1.06 bits per heavy atom. The highest BCUT2D eigenvalue weighted by Crippen LogP contribution is 2.29. The normalized spacial score (nSPS) is 37.9. The zero-order chi connectivity index (χ0) is 13.2. The maximum Gasteiger partial charge on any atom is 0.151 e. The van der Waals surface area contributed by atoms with E-state index in [9.17, 15) is 13.5 Å². The number of aliphatic hydroxyl groups is 1. The van der Waals surface area contributed by atoms with Crippen LogP contribution in [0.1, 0.15) is 44.9 Å². The summed E-state index contributed by atoms with van der Waals surface area (Å²) in [6.45, 7) is 0.216. The molecule has 0 amide bonds. The molecule has 4 unspecified atom stereocenters. The maximum atomic E-state index is 11.7. The molecular formula is C13H25NO3S. The van der Waals surface area contributed by atoms with Crippen LogP contribution in [0.2, 0.25) is 0 Å². The molecule has 2 N–H and O–H groups in total. The van der Waals surface area contributed by atoms with Crippen molar-refractivity contribution in [1.82, 2.24) is 5.32 Å². The number of rotatable bonds is 4. The number of hydrogen-bond acceptors (Lipinski definition) is 4. The second-order valence-electron chi connectivity index (χ2n) is 5.91. The molecule has 2 rings (SSSR count). The topological polar surface area (TPSA) is 66.4 Å². The summed E-state index contributed by atoms with van der Waals surface area (Å²) < 4.78 is 23.5. The van der Waals surface area contributed by atoms with E-state index in [1.165, 1.54) is 19.1 Å². The van der Waals surface area contributed by atoms with E-state index in [1.54, 1.807) is 0 Å². The van der Waals surface area contributed by atoms with Crippen LogP contribution in [0.5, 0.6) is 0 Å². The van der Waals surface area contributed by atoms with Crippen LogP contribution in [0.25, 0.3) is 0 Å². The van der Waals surface area contributed by atoms with Crippen molar-refractivity contribution in [2.75, 3.05) is 12.9 Å². The lowest BCUT2D eigenvalue weighted by molar-refractivity contribution is 0.146. The first-order valence-corrected chi connectivity index (χ1v) is 9.03. The quantitative estimate of drug-likeness (QED) is 0.806. The molecule has 4 nitrogen and oxygen atoms in total. The first-order chi connectivity index (χ1) is 8.52. The summed E-state index contributed by atoms with van der Waals surface area (Å²) >= 11 is 0. The Kier molecular flexibility index (Phi) is 4.67.